The Kier molecular flexibility index (Phi) is 7.51. The molecule has 5 aliphatic carbocycles. The fourth-order valence-corrected chi connectivity index (χ4v) is 10.2. The van der Waals surface area contributed by atoms with Gasteiger partial charge >= 0.3 is 5.97 Å². The number of rotatable bonds is 7. The van der Waals surface area contributed by atoms with Crippen molar-refractivity contribution in [2.45, 2.75) is 137 Å². The van der Waals surface area contributed by atoms with E-state index in [2.05, 4.69) is 40.7 Å². The van der Waals surface area contributed by atoms with Gasteiger partial charge in [-0.05, 0) is 104 Å². The molecule has 0 bridgehead atoms. The van der Waals surface area contributed by atoms with Gasteiger partial charge in [-0.2, -0.15) is 0 Å². The van der Waals surface area contributed by atoms with E-state index >= 15 is 0 Å². The highest BCUT2D eigenvalue weighted by molar-refractivity contribution is 5.73. The topological polar surface area (TPSA) is 26.3 Å². The molecule has 5 rings (SSSR count). The number of allylic oxidation sites excluding steroid dienone is 1. The van der Waals surface area contributed by atoms with Gasteiger partial charge in [-0.3, -0.25) is 4.79 Å². The summed E-state index contributed by atoms with van der Waals surface area (Å²) >= 11 is 0. The molecule has 0 amide bonds. The standard InChI is InChI=1S/C33H54O2/c1-22(2)9-8-10-23(3)28-15-16-29-27-14-13-25-21-26(35-31(34)24-11-6-7-12-24)17-19-32(25,4)30(27)18-20-33(28,29)5/h13,22-24,26-30H,6-12,14-21H2,1-5H3/t23-,26+,27-,28+,29-,30-,32+,33-/m1/s1. The normalized spacial score (nSPS) is 42.2. The molecule has 0 N–H and O–H groups in total. The summed E-state index contributed by atoms with van der Waals surface area (Å²) in [5.41, 5.74) is 2.56. The molecular weight excluding hydrogens is 428 g/mol. The third kappa shape index (κ3) is 4.79. The molecular formula is C33H54O2. The Morgan fingerprint density at radius 2 is 1.74 bits per heavy atom. The summed E-state index contributed by atoms with van der Waals surface area (Å²) in [7, 11) is 0. The zero-order valence-electron chi connectivity index (χ0n) is 23.6. The number of carbonyl (C=O) groups is 1. The number of hydrogen-bond acceptors (Lipinski definition) is 2. The molecule has 198 valence electrons. The second-order valence-corrected chi connectivity index (χ2v) is 14.6. The van der Waals surface area contributed by atoms with Crippen molar-refractivity contribution in [3.8, 4) is 0 Å². The van der Waals surface area contributed by atoms with Gasteiger partial charge in [-0.15, -0.1) is 0 Å². The largest absolute Gasteiger partial charge is 0.462 e. The molecule has 4 saturated carbocycles. The Bertz CT molecular complexity index is 791. The molecule has 4 fully saturated rings. The average molecular weight is 483 g/mol. The van der Waals surface area contributed by atoms with E-state index in [1.165, 1.54) is 70.6 Å². The van der Waals surface area contributed by atoms with Gasteiger partial charge in [0.1, 0.15) is 6.10 Å². The molecule has 0 heterocycles. The lowest BCUT2D eigenvalue weighted by atomic mass is 9.47. The highest BCUT2D eigenvalue weighted by Gasteiger charge is 2.59. The number of esters is 1. The summed E-state index contributed by atoms with van der Waals surface area (Å²) in [5.74, 6) is 5.61. The molecule has 2 heteroatoms. The molecule has 35 heavy (non-hydrogen) atoms. The van der Waals surface area contributed by atoms with Crippen LogP contribution in [0.2, 0.25) is 0 Å². The van der Waals surface area contributed by atoms with Crippen molar-refractivity contribution in [1.82, 2.24) is 0 Å². The van der Waals surface area contributed by atoms with Crippen LogP contribution >= 0.6 is 0 Å². The Morgan fingerprint density at radius 3 is 2.49 bits per heavy atom. The van der Waals surface area contributed by atoms with E-state index in [1.54, 1.807) is 5.57 Å². The van der Waals surface area contributed by atoms with Crippen LogP contribution in [-0.4, -0.2) is 12.1 Å². The lowest BCUT2D eigenvalue weighted by molar-refractivity contribution is -0.156. The molecule has 0 aromatic heterocycles. The van der Waals surface area contributed by atoms with Crippen molar-refractivity contribution in [3.63, 3.8) is 0 Å². The van der Waals surface area contributed by atoms with Crippen molar-refractivity contribution in [1.29, 1.82) is 0 Å². The molecule has 0 aromatic carbocycles. The van der Waals surface area contributed by atoms with Crippen molar-refractivity contribution in [2.24, 2.45) is 52.3 Å². The van der Waals surface area contributed by atoms with Crippen LogP contribution in [0, 0.1) is 52.3 Å². The van der Waals surface area contributed by atoms with E-state index in [-0.39, 0.29) is 18.0 Å². The number of carbonyl (C=O) groups excluding carboxylic acids is 1. The van der Waals surface area contributed by atoms with Gasteiger partial charge in [0, 0.05) is 6.42 Å². The van der Waals surface area contributed by atoms with Crippen molar-refractivity contribution >= 4 is 5.97 Å². The Morgan fingerprint density at radius 1 is 0.971 bits per heavy atom. The highest BCUT2D eigenvalue weighted by Crippen LogP contribution is 2.67. The van der Waals surface area contributed by atoms with Crippen LogP contribution in [0.4, 0.5) is 0 Å². The Hall–Kier alpha value is -0.790. The summed E-state index contributed by atoms with van der Waals surface area (Å²) in [6.45, 7) is 12.6. The monoisotopic (exact) mass is 482 g/mol. The predicted molar refractivity (Wildman–Crippen MR) is 145 cm³/mol. The molecule has 0 spiro atoms. The number of hydrogen-bond donors (Lipinski definition) is 0. The molecule has 2 nitrogen and oxygen atoms in total. The smallest absolute Gasteiger partial charge is 0.309 e. The first-order chi connectivity index (χ1) is 16.7. The van der Waals surface area contributed by atoms with Crippen LogP contribution < -0.4 is 0 Å². The molecule has 8 atom stereocenters. The zero-order valence-corrected chi connectivity index (χ0v) is 23.6. The first-order valence-corrected chi connectivity index (χ1v) is 15.6. The predicted octanol–water partition coefficient (Wildman–Crippen LogP) is 9.13. The van der Waals surface area contributed by atoms with Crippen LogP contribution in [0.3, 0.4) is 0 Å². The second kappa shape index (κ2) is 10.2. The van der Waals surface area contributed by atoms with Crippen molar-refractivity contribution in [2.75, 3.05) is 0 Å². The Labute approximate surface area is 216 Å². The van der Waals surface area contributed by atoms with E-state index in [0.29, 0.717) is 10.8 Å². The van der Waals surface area contributed by atoms with Gasteiger partial charge in [0.05, 0.1) is 5.92 Å². The Balaban J connectivity index is 1.24. The lowest BCUT2D eigenvalue weighted by Crippen LogP contribution is -2.51. The van der Waals surface area contributed by atoms with Crippen LogP contribution in [0.15, 0.2) is 11.6 Å². The van der Waals surface area contributed by atoms with Gasteiger partial charge in [-0.25, -0.2) is 0 Å². The van der Waals surface area contributed by atoms with E-state index in [9.17, 15) is 4.79 Å². The fraction of sp³-hybridized carbons (Fsp3) is 0.909. The molecule has 0 unspecified atom stereocenters. The van der Waals surface area contributed by atoms with Gasteiger partial charge in [0.25, 0.3) is 0 Å². The summed E-state index contributed by atoms with van der Waals surface area (Å²) in [6, 6.07) is 0. The van der Waals surface area contributed by atoms with Crippen LogP contribution in [0.5, 0.6) is 0 Å². The molecule has 5 aliphatic rings. The van der Waals surface area contributed by atoms with Gasteiger partial charge in [0.15, 0.2) is 0 Å². The minimum absolute atomic E-state index is 0.110. The second-order valence-electron chi connectivity index (χ2n) is 14.6. The third-order valence-corrected chi connectivity index (χ3v) is 12.2. The zero-order chi connectivity index (χ0) is 24.8. The number of ether oxygens (including phenoxy) is 1. The van der Waals surface area contributed by atoms with Gasteiger partial charge in [-0.1, -0.05) is 78.4 Å². The highest BCUT2D eigenvalue weighted by atomic mass is 16.5. The fourth-order valence-electron chi connectivity index (χ4n) is 10.2. The van der Waals surface area contributed by atoms with Crippen LogP contribution in [0.25, 0.3) is 0 Å². The van der Waals surface area contributed by atoms with Crippen molar-refractivity contribution in [3.05, 3.63) is 11.6 Å². The van der Waals surface area contributed by atoms with E-state index in [0.717, 1.165) is 61.2 Å². The van der Waals surface area contributed by atoms with Crippen molar-refractivity contribution < 1.29 is 9.53 Å². The van der Waals surface area contributed by atoms with E-state index in [4.69, 9.17) is 4.74 Å². The molecule has 0 saturated heterocycles. The van der Waals surface area contributed by atoms with Crippen LogP contribution in [-0.2, 0) is 9.53 Å². The summed E-state index contributed by atoms with van der Waals surface area (Å²) in [6.07, 6.45) is 21.9. The maximum Gasteiger partial charge on any atom is 0.309 e. The summed E-state index contributed by atoms with van der Waals surface area (Å²) in [5, 5.41) is 0. The first kappa shape index (κ1) is 25.8. The lowest BCUT2D eigenvalue weighted by Gasteiger charge is -2.58. The minimum atomic E-state index is 0.110. The molecule has 0 aromatic rings. The van der Waals surface area contributed by atoms with E-state index < -0.39 is 0 Å². The first-order valence-electron chi connectivity index (χ1n) is 15.6. The molecule has 0 radical (unpaired) electrons. The number of fused-ring (bicyclic) bond motifs is 5. The summed E-state index contributed by atoms with van der Waals surface area (Å²) < 4.78 is 6.10. The maximum atomic E-state index is 12.7. The van der Waals surface area contributed by atoms with Crippen LogP contribution in [0.1, 0.15) is 131 Å². The van der Waals surface area contributed by atoms with Gasteiger partial charge in [0.2, 0.25) is 0 Å². The quantitative estimate of drug-likeness (QED) is 0.267. The van der Waals surface area contributed by atoms with Gasteiger partial charge < -0.3 is 4.74 Å². The molecule has 0 aliphatic heterocycles. The average Bonchev–Trinajstić information content (AvgIpc) is 3.47. The van der Waals surface area contributed by atoms with E-state index in [1.807, 2.05) is 0 Å². The maximum absolute atomic E-state index is 12.7. The summed E-state index contributed by atoms with van der Waals surface area (Å²) in [4.78, 5) is 12.7. The third-order valence-electron chi connectivity index (χ3n) is 12.2. The minimum Gasteiger partial charge on any atom is -0.462 e. The SMILES string of the molecule is CC(C)CCC[C@@H](C)[C@@H]1CC[C@@H]2[C@H]3CC=C4C[C@@H](OC(=O)C5CCCC5)CC[C@]4(C)[C@@H]3CC[C@@]21C.